The molecule has 1 saturated heterocycles. The molecule has 0 radical (unpaired) electrons. The van der Waals surface area contributed by atoms with E-state index in [9.17, 15) is 8.78 Å². The fourth-order valence-corrected chi connectivity index (χ4v) is 3.28. The Hall–Kier alpha value is -1.04. The number of halogens is 2. The number of nitrogens with zero attached hydrogens (tertiary/aromatic N) is 1. The van der Waals surface area contributed by atoms with Gasteiger partial charge in [-0.05, 0) is 46.2 Å². The van der Waals surface area contributed by atoms with Gasteiger partial charge in [0.25, 0.3) is 0 Å². The molecule has 1 aliphatic heterocycles. The van der Waals surface area contributed by atoms with Gasteiger partial charge in [0.1, 0.15) is 0 Å². The average molecular weight is 326 g/mol. The van der Waals surface area contributed by atoms with Gasteiger partial charge in [0.05, 0.1) is 12.7 Å². The number of likely N-dealkylation sites (tertiary alicyclic amines) is 1. The summed E-state index contributed by atoms with van der Waals surface area (Å²) in [5.41, 5.74) is 5.90. The van der Waals surface area contributed by atoms with Crippen LogP contribution in [0.4, 0.5) is 8.78 Å². The highest BCUT2D eigenvalue weighted by Gasteiger charge is 2.34. The lowest BCUT2D eigenvalue weighted by atomic mass is 9.86. The van der Waals surface area contributed by atoms with Crippen LogP contribution >= 0.6 is 0 Å². The first-order valence-corrected chi connectivity index (χ1v) is 8.35. The molecule has 0 aromatic heterocycles. The average Bonchev–Trinajstić information content (AvgIpc) is 2.51. The van der Waals surface area contributed by atoms with Gasteiger partial charge in [-0.1, -0.05) is 12.1 Å². The number of benzene rings is 1. The summed E-state index contributed by atoms with van der Waals surface area (Å²) in [6.45, 7) is 9.06. The van der Waals surface area contributed by atoms with Crippen LogP contribution in [0, 0.1) is 17.6 Å². The number of hydrogen-bond donors (Lipinski definition) is 1. The van der Waals surface area contributed by atoms with Crippen LogP contribution < -0.4 is 5.73 Å². The van der Waals surface area contributed by atoms with Gasteiger partial charge in [0.2, 0.25) is 0 Å². The number of rotatable bonds is 5. The van der Waals surface area contributed by atoms with E-state index in [1.165, 1.54) is 6.07 Å². The van der Waals surface area contributed by atoms with Crippen molar-refractivity contribution in [1.29, 1.82) is 0 Å². The van der Waals surface area contributed by atoms with Crippen LogP contribution in [0.25, 0.3) is 0 Å². The minimum atomic E-state index is -0.827. The van der Waals surface area contributed by atoms with Crippen LogP contribution in [0.3, 0.4) is 0 Å². The molecule has 0 spiro atoms. The Kier molecular flexibility index (Phi) is 6.12. The number of hydrogen-bond acceptors (Lipinski definition) is 3. The smallest absolute Gasteiger partial charge is 0.164 e. The lowest BCUT2D eigenvalue weighted by molar-refractivity contribution is -0.0305. The van der Waals surface area contributed by atoms with Gasteiger partial charge in [0.15, 0.2) is 11.6 Å². The quantitative estimate of drug-likeness (QED) is 0.900. The highest BCUT2D eigenvalue weighted by atomic mass is 19.2. The summed E-state index contributed by atoms with van der Waals surface area (Å²) in [7, 11) is 0. The molecule has 0 amide bonds. The maximum atomic E-state index is 14.3. The maximum Gasteiger partial charge on any atom is 0.164 e. The topological polar surface area (TPSA) is 38.5 Å². The van der Waals surface area contributed by atoms with Crippen molar-refractivity contribution in [2.24, 2.45) is 11.7 Å². The van der Waals surface area contributed by atoms with Crippen molar-refractivity contribution in [3.05, 3.63) is 35.4 Å². The fourth-order valence-electron chi connectivity index (χ4n) is 3.28. The number of ether oxygens (including phenoxy) is 1. The van der Waals surface area contributed by atoms with E-state index < -0.39 is 17.7 Å². The molecule has 130 valence electrons. The highest BCUT2D eigenvalue weighted by Crippen LogP contribution is 2.36. The van der Waals surface area contributed by atoms with Crippen LogP contribution in [0.1, 0.15) is 45.3 Å². The minimum absolute atomic E-state index is 0.0531. The number of piperidine rings is 1. The van der Waals surface area contributed by atoms with E-state index >= 15 is 0 Å². The second-order valence-electron chi connectivity index (χ2n) is 7.24. The molecule has 2 atom stereocenters. The molecule has 1 aromatic carbocycles. The maximum absolute atomic E-state index is 14.3. The Labute approximate surface area is 137 Å². The van der Waals surface area contributed by atoms with Crippen LogP contribution in [0.2, 0.25) is 0 Å². The van der Waals surface area contributed by atoms with Crippen LogP contribution in [-0.2, 0) is 4.74 Å². The molecule has 3 nitrogen and oxygen atoms in total. The molecule has 0 unspecified atom stereocenters. The van der Waals surface area contributed by atoms with Gasteiger partial charge in [-0.3, -0.25) is 4.90 Å². The minimum Gasteiger partial charge on any atom is -0.372 e. The van der Waals surface area contributed by atoms with Gasteiger partial charge in [-0.25, -0.2) is 8.78 Å². The molecular formula is C18H28F2N2O. The summed E-state index contributed by atoms with van der Waals surface area (Å²) in [4.78, 5) is 2.39. The molecule has 0 aliphatic carbocycles. The number of nitrogens with two attached hydrogens (primary N) is 1. The monoisotopic (exact) mass is 326 g/mol. The summed E-state index contributed by atoms with van der Waals surface area (Å²) in [6.07, 6.45) is 1.51. The van der Waals surface area contributed by atoms with Crippen LogP contribution in [0.5, 0.6) is 0 Å². The first-order valence-electron chi connectivity index (χ1n) is 8.35. The Balaban J connectivity index is 2.25. The summed E-state index contributed by atoms with van der Waals surface area (Å²) in [5.74, 6) is -1.50. The van der Waals surface area contributed by atoms with E-state index in [0.717, 1.165) is 32.0 Å². The lowest BCUT2D eigenvalue weighted by Gasteiger charge is -2.43. The third-order valence-electron chi connectivity index (χ3n) is 4.54. The normalized spacial score (nSPS) is 21.4. The van der Waals surface area contributed by atoms with Crippen LogP contribution in [0.15, 0.2) is 18.2 Å². The molecule has 1 aliphatic rings. The van der Waals surface area contributed by atoms with Crippen LogP contribution in [-0.4, -0.2) is 36.7 Å². The first-order chi connectivity index (χ1) is 10.8. The van der Waals surface area contributed by atoms with E-state index in [2.05, 4.69) is 25.7 Å². The van der Waals surface area contributed by atoms with Crippen molar-refractivity contribution in [3.63, 3.8) is 0 Å². The molecule has 0 saturated carbocycles. The molecular weight excluding hydrogens is 298 g/mol. The fraction of sp³-hybridized carbons (Fsp3) is 0.667. The zero-order chi connectivity index (χ0) is 17.0. The Morgan fingerprint density at radius 2 is 2.09 bits per heavy atom. The van der Waals surface area contributed by atoms with E-state index in [-0.39, 0.29) is 11.5 Å². The molecule has 0 bridgehead atoms. The zero-order valence-electron chi connectivity index (χ0n) is 14.3. The predicted molar refractivity (Wildman–Crippen MR) is 88.2 cm³/mol. The van der Waals surface area contributed by atoms with Crippen molar-refractivity contribution < 1.29 is 13.5 Å². The first kappa shape index (κ1) is 18.3. The van der Waals surface area contributed by atoms with E-state index in [1.54, 1.807) is 6.07 Å². The van der Waals surface area contributed by atoms with E-state index in [0.29, 0.717) is 18.7 Å². The molecule has 2 rings (SSSR count). The lowest BCUT2D eigenvalue weighted by Crippen LogP contribution is -2.48. The largest absolute Gasteiger partial charge is 0.372 e. The van der Waals surface area contributed by atoms with E-state index in [4.69, 9.17) is 10.5 Å². The van der Waals surface area contributed by atoms with Crippen molar-refractivity contribution in [1.82, 2.24) is 4.90 Å². The van der Waals surface area contributed by atoms with Crippen molar-refractivity contribution >= 4 is 0 Å². The second kappa shape index (κ2) is 7.69. The molecule has 2 N–H and O–H groups in total. The van der Waals surface area contributed by atoms with Gasteiger partial charge in [-0.2, -0.15) is 0 Å². The third kappa shape index (κ3) is 4.49. The molecule has 23 heavy (non-hydrogen) atoms. The van der Waals surface area contributed by atoms with Gasteiger partial charge >= 0.3 is 0 Å². The standard InChI is InChI=1S/C18H28F2N2O/c1-18(2,3)22-10-5-6-13(12-22)17(23-11-9-21)14-7-4-8-15(19)16(14)20/h4,7-8,13,17H,5-6,9-12,21H2,1-3H3/t13-,17-/m1/s1. The molecule has 5 heteroatoms. The molecule has 1 fully saturated rings. The van der Waals surface area contributed by atoms with Gasteiger partial charge in [0, 0.05) is 30.1 Å². The summed E-state index contributed by atoms with van der Waals surface area (Å²) < 4.78 is 33.7. The second-order valence-corrected chi connectivity index (χ2v) is 7.24. The Morgan fingerprint density at radius 1 is 1.35 bits per heavy atom. The zero-order valence-corrected chi connectivity index (χ0v) is 14.3. The Morgan fingerprint density at radius 3 is 2.74 bits per heavy atom. The molecule has 1 heterocycles. The SMILES string of the molecule is CC(C)(C)N1CCC[C@@H]([C@@H](OCCN)c2cccc(F)c2F)C1. The van der Waals surface area contributed by atoms with Gasteiger partial charge in [-0.15, -0.1) is 0 Å². The predicted octanol–water partition coefficient (Wildman–Crippen LogP) is 3.49. The van der Waals surface area contributed by atoms with Gasteiger partial charge < -0.3 is 10.5 Å². The summed E-state index contributed by atoms with van der Waals surface area (Å²) in [6, 6.07) is 4.30. The Bertz CT molecular complexity index is 516. The van der Waals surface area contributed by atoms with Crippen molar-refractivity contribution in [2.45, 2.75) is 45.3 Å². The third-order valence-corrected chi connectivity index (χ3v) is 4.54. The van der Waals surface area contributed by atoms with Crippen molar-refractivity contribution in [3.8, 4) is 0 Å². The van der Waals surface area contributed by atoms with E-state index in [1.807, 2.05) is 0 Å². The summed E-state index contributed by atoms with van der Waals surface area (Å²) >= 11 is 0. The molecule has 1 aromatic rings. The summed E-state index contributed by atoms with van der Waals surface area (Å²) in [5, 5.41) is 0. The highest BCUT2D eigenvalue weighted by molar-refractivity contribution is 5.22. The van der Waals surface area contributed by atoms with Crippen molar-refractivity contribution in [2.75, 3.05) is 26.2 Å².